The van der Waals surface area contributed by atoms with Crippen molar-refractivity contribution in [2.75, 3.05) is 32.9 Å². The van der Waals surface area contributed by atoms with Crippen molar-refractivity contribution >= 4 is 23.2 Å². The second-order valence-corrected chi connectivity index (χ2v) is 10.9. The quantitative estimate of drug-likeness (QED) is 0.0312. The normalized spacial score (nSPS) is 12.0. The van der Waals surface area contributed by atoms with Crippen LogP contribution >= 0.6 is 0 Å². The van der Waals surface area contributed by atoms with Crippen LogP contribution in [0.2, 0.25) is 0 Å². The van der Waals surface area contributed by atoms with Gasteiger partial charge in [0, 0.05) is 18.9 Å². The average molecular weight is 703 g/mol. The first-order valence-electron chi connectivity index (χ1n) is 16.5. The highest BCUT2D eigenvalue weighted by molar-refractivity contribution is 6.02. The summed E-state index contributed by atoms with van der Waals surface area (Å²) in [5, 5.41) is 29.1. The topological polar surface area (TPSA) is 191 Å². The monoisotopic (exact) mass is 702 g/mol. The van der Waals surface area contributed by atoms with Gasteiger partial charge in [-0.05, 0) is 60.0 Å². The number of fused-ring (bicyclic) bond motifs is 1. The summed E-state index contributed by atoms with van der Waals surface area (Å²) in [5.41, 5.74) is 4.97. The van der Waals surface area contributed by atoms with Crippen molar-refractivity contribution in [3.8, 4) is 28.5 Å². The molecule has 0 aliphatic rings. The van der Waals surface area contributed by atoms with Crippen molar-refractivity contribution in [3.63, 3.8) is 0 Å². The van der Waals surface area contributed by atoms with Crippen molar-refractivity contribution in [2.45, 2.75) is 47.0 Å². The van der Waals surface area contributed by atoms with Gasteiger partial charge >= 0.3 is 12.1 Å². The Labute approximate surface area is 293 Å². The summed E-state index contributed by atoms with van der Waals surface area (Å²) in [5.74, 6) is -0.160. The average Bonchev–Trinajstić information content (AvgIpc) is 3.79. The number of H-pyrrole nitrogens is 1. The minimum Gasteiger partial charge on any atom is -0.465 e. The number of tetrazole rings is 1. The molecule has 0 fully saturated rings. The lowest BCUT2D eigenvalue weighted by Crippen LogP contribution is -2.31. The molecule has 0 amide bonds. The van der Waals surface area contributed by atoms with Crippen LogP contribution in [0.4, 0.5) is 4.79 Å². The van der Waals surface area contributed by atoms with Crippen molar-refractivity contribution in [1.82, 2.24) is 35.2 Å². The van der Waals surface area contributed by atoms with E-state index in [9.17, 15) is 14.8 Å². The zero-order valence-corrected chi connectivity index (χ0v) is 28.8. The van der Waals surface area contributed by atoms with E-state index in [-0.39, 0.29) is 25.2 Å². The Bertz CT molecular complexity index is 1930. The fraction of sp³-hybridized carbons (Fsp3) is 0.353. The minimum absolute atomic E-state index is 0.0448. The number of hydrogen-bond donors (Lipinski definition) is 2. The molecule has 2 heterocycles. The molecular formula is C34H40N9O8+. The Hall–Kier alpha value is -6.26. The van der Waals surface area contributed by atoms with Crippen LogP contribution in [-0.2, 0) is 25.6 Å². The van der Waals surface area contributed by atoms with Gasteiger partial charge in [-0.3, -0.25) is 4.57 Å². The number of rotatable bonds is 17. The Morgan fingerprint density at radius 1 is 0.980 bits per heavy atom. The van der Waals surface area contributed by atoms with Gasteiger partial charge in [0.2, 0.25) is 6.29 Å². The summed E-state index contributed by atoms with van der Waals surface area (Å²) >= 11 is 0. The largest absolute Gasteiger partial charge is 0.511 e. The third-order valence-corrected chi connectivity index (χ3v) is 7.61. The molecule has 0 spiro atoms. The summed E-state index contributed by atoms with van der Waals surface area (Å²) in [6.45, 7) is 8.80. The number of hydrogen-bond acceptors (Lipinski definition) is 12. The van der Waals surface area contributed by atoms with Gasteiger partial charge in [0.15, 0.2) is 5.82 Å². The van der Waals surface area contributed by atoms with E-state index in [1.807, 2.05) is 73.9 Å². The standard InChI is InChI=1S/C34H40N9O8/c1-5-41(6-2)43(46)40-49-21-11-20-48-34(45)51-23(4)50-32(44)28-14-10-15-29-30(28)42(33(35-29)47-7-3)22-24-16-18-25(19-17-24)26-12-8-9-13-27(26)31-36-38-39-37-31/h8-10,12-19,23H,5-7,11,20-22H2,1-4H3,(H,40,46)(H,36,37,38,39)/q+1. The highest BCUT2D eigenvalue weighted by atomic mass is 16.8. The molecule has 5 aromatic rings. The van der Waals surface area contributed by atoms with Gasteiger partial charge in [-0.15, -0.1) is 10.1 Å². The Balaban J connectivity index is 1.23. The maximum atomic E-state index is 13.4. The molecule has 17 heteroatoms. The number of aromatic amines is 1. The SMILES string of the molecule is CCOc1nc2cccc(C(=O)OC(C)OC(=O)OCCCO/N=[N+](\O)N(CC)CC)c2n1Cc1ccc(-c2ccccc2-c2nnn[nH]2)cc1. The summed E-state index contributed by atoms with van der Waals surface area (Å²) in [6.07, 6.45) is -2.00. The molecule has 0 aliphatic carbocycles. The third-order valence-electron chi connectivity index (χ3n) is 7.61. The summed E-state index contributed by atoms with van der Waals surface area (Å²) in [4.78, 5) is 35.9. The molecule has 5 rings (SSSR count). The molecule has 2 aromatic heterocycles. The predicted octanol–water partition coefficient (Wildman–Crippen LogP) is 5.42. The molecule has 51 heavy (non-hydrogen) atoms. The van der Waals surface area contributed by atoms with E-state index < -0.39 is 18.4 Å². The molecule has 268 valence electrons. The minimum atomic E-state index is -1.26. The van der Waals surface area contributed by atoms with E-state index in [4.69, 9.17) is 23.8 Å². The summed E-state index contributed by atoms with van der Waals surface area (Å²) in [7, 11) is 0. The lowest BCUT2D eigenvalue weighted by molar-refractivity contribution is -0.941. The highest BCUT2D eigenvalue weighted by Gasteiger charge is 2.23. The number of nitrogens with zero attached hydrogens (tertiary/aromatic N) is 8. The fourth-order valence-corrected chi connectivity index (χ4v) is 5.21. The van der Waals surface area contributed by atoms with Crippen LogP contribution in [-0.4, -0.2) is 96.7 Å². The third kappa shape index (κ3) is 9.05. The van der Waals surface area contributed by atoms with Gasteiger partial charge in [0.1, 0.15) is 6.61 Å². The number of para-hydroxylation sites is 1. The molecule has 0 saturated heterocycles. The maximum Gasteiger partial charge on any atom is 0.511 e. The molecular weight excluding hydrogens is 662 g/mol. The van der Waals surface area contributed by atoms with Gasteiger partial charge in [0.05, 0.1) is 49.4 Å². The van der Waals surface area contributed by atoms with Gasteiger partial charge in [-0.2, -0.15) is 4.98 Å². The van der Waals surface area contributed by atoms with Gasteiger partial charge in [-0.25, -0.2) is 19.9 Å². The zero-order chi connectivity index (χ0) is 36.2. The summed E-state index contributed by atoms with van der Waals surface area (Å²) in [6, 6.07) is 21.2. The Morgan fingerprint density at radius 3 is 2.45 bits per heavy atom. The summed E-state index contributed by atoms with van der Waals surface area (Å²) < 4.78 is 23.3. The van der Waals surface area contributed by atoms with Crippen molar-refractivity contribution in [3.05, 3.63) is 77.9 Å². The molecule has 1 atom stereocenters. The second kappa shape index (κ2) is 17.4. The molecule has 0 bridgehead atoms. The van der Waals surface area contributed by atoms with Gasteiger partial charge in [-0.1, -0.05) is 54.6 Å². The Kier molecular flexibility index (Phi) is 12.3. The smallest absolute Gasteiger partial charge is 0.465 e. The Morgan fingerprint density at radius 2 is 1.75 bits per heavy atom. The lowest BCUT2D eigenvalue weighted by Gasteiger charge is -2.15. The van der Waals surface area contributed by atoms with Crippen LogP contribution < -0.4 is 4.74 Å². The number of esters is 1. The number of nitrogens with one attached hydrogen (secondary N) is 1. The predicted molar refractivity (Wildman–Crippen MR) is 180 cm³/mol. The second-order valence-electron chi connectivity index (χ2n) is 10.9. The van der Waals surface area contributed by atoms with Crippen molar-refractivity contribution in [1.29, 1.82) is 0 Å². The van der Waals surface area contributed by atoms with Crippen molar-refractivity contribution in [2.24, 2.45) is 5.28 Å². The fourth-order valence-electron chi connectivity index (χ4n) is 5.21. The van der Waals surface area contributed by atoms with Crippen molar-refractivity contribution < 1.29 is 43.6 Å². The first-order chi connectivity index (χ1) is 24.8. The van der Waals surface area contributed by atoms with Crippen LogP contribution in [0.1, 0.15) is 50.0 Å². The van der Waals surface area contributed by atoms with E-state index in [2.05, 4.69) is 30.9 Å². The molecule has 17 nitrogen and oxygen atoms in total. The highest BCUT2D eigenvalue weighted by Crippen LogP contribution is 2.31. The number of benzene rings is 3. The molecule has 0 saturated carbocycles. The lowest BCUT2D eigenvalue weighted by atomic mass is 9.98. The van der Waals surface area contributed by atoms with Crippen LogP contribution in [0.25, 0.3) is 33.5 Å². The number of imidazole rings is 1. The van der Waals surface area contributed by atoms with E-state index in [1.54, 1.807) is 18.2 Å². The van der Waals surface area contributed by atoms with E-state index in [0.717, 1.165) is 22.3 Å². The molecule has 0 aliphatic heterocycles. The number of carbonyl (C=O) groups is 2. The zero-order valence-electron chi connectivity index (χ0n) is 28.8. The van der Waals surface area contributed by atoms with Crippen LogP contribution in [0.15, 0.2) is 72.0 Å². The molecule has 3 aromatic carbocycles. The molecule has 1 unspecified atom stereocenters. The van der Waals surface area contributed by atoms with E-state index in [1.165, 1.54) is 11.9 Å². The van der Waals surface area contributed by atoms with E-state index in [0.29, 0.717) is 54.1 Å². The number of carbonyl (C=O) groups excluding carboxylic acids is 2. The maximum absolute atomic E-state index is 13.4. The van der Waals surface area contributed by atoms with Gasteiger partial charge in [0.25, 0.3) is 16.3 Å². The molecule has 0 radical (unpaired) electrons. The van der Waals surface area contributed by atoms with Crippen LogP contribution in [0, 0.1) is 0 Å². The number of aromatic nitrogens is 6. The first-order valence-corrected chi connectivity index (χ1v) is 16.5. The first kappa shape index (κ1) is 36.0. The number of ether oxygens (including phenoxy) is 4. The van der Waals surface area contributed by atoms with Crippen LogP contribution in [0.5, 0.6) is 6.01 Å². The van der Waals surface area contributed by atoms with Crippen LogP contribution in [0.3, 0.4) is 0 Å². The number of hydrazine groups is 1. The van der Waals surface area contributed by atoms with E-state index >= 15 is 0 Å². The van der Waals surface area contributed by atoms with Gasteiger partial charge < -0.3 is 23.8 Å². The molecule has 2 N–H and O–H groups in total.